The summed E-state index contributed by atoms with van der Waals surface area (Å²) in [5.41, 5.74) is 13.2. The van der Waals surface area contributed by atoms with E-state index in [4.69, 9.17) is 9.72 Å². The van der Waals surface area contributed by atoms with Gasteiger partial charge >= 0.3 is 0 Å². The van der Waals surface area contributed by atoms with E-state index in [1.807, 2.05) is 12.3 Å². The Hall–Kier alpha value is -6.33. The molecule has 0 bridgehead atoms. The molecule has 59 heavy (non-hydrogen) atoms. The number of hydrogen-bond acceptors (Lipinski definition) is 4. The molecule has 1 aliphatic rings. The van der Waals surface area contributed by atoms with E-state index in [1.54, 1.807) is 0 Å². The number of ether oxygens (including phenoxy) is 1. The lowest BCUT2D eigenvalue weighted by Crippen LogP contribution is -2.24. The maximum absolute atomic E-state index is 6.74. The molecule has 0 spiro atoms. The van der Waals surface area contributed by atoms with E-state index in [2.05, 4.69) is 216 Å². The summed E-state index contributed by atoms with van der Waals surface area (Å²) in [6.45, 7) is 21.1. The zero-order valence-corrected chi connectivity index (χ0v) is 35.8. The van der Waals surface area contributed by atoms with Crippen molar-refractivity contribution in [2.45, 2.75) is 78.6 Å². The number of pyridine rings is 1. The molecule has 2 aromatic heterocycles. The fourth-order valence-electron chi connectivity index (χ4n) is 8.52. The van der Waals surface area contributed by atoms with Gasteiger partial charge in [0.1, 0.15) is 24.0 Å². The molecule has 0 aliphatic carbocycles. The number of anilines is 4. The van der Waals surface area contributed by atoms with Gasteiger partial charge < -0.3 is 14.5 Å². The fourth-order valence-corrected chi connectivity index (χ4v) is 8.52. The van der Waals surface area contributed by atoms with Gasteiger partial charge in [0.05, 0.1) is 22.4 Å². The van der Waals surface area contributed by atoms with Gasteiger partial charge in [-0.25, -0.2) is 4.98 Å². The van der Waals surface area contributed by atoms with Crippen LogP contribution in [0.25, 0.3) is 38.8 Å². The van der Waals surface area contributed by atoms with Gasteiger partial charge in [-0.2, -0.15) is 0 Å². The van der Waals surface area contributed by atoms with Crippen molar-refractivity contribution < 1.29 is 4.74 Å². The molecule has 0 saturated carbocycles. The van der Waals surface area contributed by atoms with Crippen LogP contribution in [0.2, 0.25) is 0 Å². The zero-order valence-electron chi connectivity index (χ0n) is 35.8. The second-order valence-electron chi connectivity index (χ2n) is 19.1. The Labute approximate surface area is 349 Å². The lowest BCUT2D eigenvalue weighted by Gasteiger charge is -2.25. The van der Waals surface area contributed by atoms with Crippen LogP contribution in [0.1, 0.15) is 79.0 Å². The predicted octanol–water partition coefficient (Wildman–Crippen LogP) is 14.8. The molecule has 5 nitrogen and oxygen atoms in total. The summed E-state index contributed by atoms with van der Waals surface area (Å²) in [6.07, 6.45) is 1.92. The average molecular weight is 775 g/mol. The third-order valence-electron chi connectivity index (χ3n) is 11.8. The lowest BCUT2D eigenvalue weighted by atomic mass is 9.82. The van der Waals surface area contributed by atoms with Gasteiger partial charge in [-0.3, -0.25) is 4.57 Å². The number of aromatic nitrogens is 2. The smallest absolute Gasteiger partial charge is 0.137 e. The summed E-state index contributed by atoms with van der Waals surface area (Å²) in [5.74, 6) is 2.46. The zero-order chi connectivity index (χ0) is 41.3. The standard InChI is InChI=1S/C54H54N4O/c1-52(2,3)37-24-27-48-50(31-37)57(39-17-14-16-36(30-39)43-20-10-12-22-46(43)54(7,8)9)35-56(48)40-18-15-19-41(33-40)59-42-25-26-45-44-21-11-13-23-47(44)58(49(45)34-42)51-32-38(28-29-55-51)53(4,5)6/h10-34H,35H2,1-9H3. The molecule has 3 heterocycles. The third-order valence-corrected chi connectivity index (χ3v) is 11.8. The van der Waals surface area contributed by atoms with Crippen molar-refractivity contribution in [3.8, 4) is 28.4 Å². The van der Waals surface area contributed by atoms with Crippen LogP contribution < -0.4 is 14.5 Å². The van der Waals surface area contributed by atoms with Crippen molar-refractivity contribution in [1.82, 2.24) is 9.55 Å². The van der Waals surface area contributed by atoms with Crippen molar-refractivity contribution >= 4 is 44.6 Å². The molecule has 0 radical (unpaired) electrons. The molecule has 0 amide bonds. The van der Waals surface area contributed by atoms with Crippen molar-refractivity contribution in [2.75, 3.05) is 16.5 Å². The van der Waals surface area contributed by atoms with Gasteiger partial charge in [0.2, 0.25) is 0 Å². The summed E-state index contributed by atoms with van der Waals surface area (Å²) in [7, 11) is 0. The molecule has 0 unspecified atom stereocenters. The summed E-state index contributed by atoms with van der Waals surface area (Å²) >= 11 is 0. The fraction of sp³-hybridized carbons (Fsp3) is 0.241. The highest BCUT2D eigenvalue weighted by Gasteiger charge is 2.31. The number of rotatable bonds is 6. The van der Waals surface area contributed by atoms with Crippen molar-refractivity contribution in [3.05, 3.63) is 168 Å². The van der Waals surface area contributed by atoms with Crippen LogP contribution in [-0.2, 0) is 16.2 Å². The van der Waals surface area contributed by atoms with Crippen LogP contribution >= 0.6 is 0 Å². The Bertz CT molecular complexity index is 2860. The SMILES string of the molecule is CC(C)(C)c1ccnc(-n2c3ccccc3c3ccc(Oc4cccc(N5CN(c6cccc(-c7ccccc7C(C)(C)C)c6)c6cc(C(C)(C)C)ccc65)c4)cc32)c1. The molecule has 0 N–H and O–H groups in total. The normalized spacial score (nSPS) is 13.4. The van der Waals surface area contributed by atoms with E-state index >= 15 is 0 Å². The van der Waals surface area contributed by atoms with Crippen molar-refractivity contribution in [2.24, 2.45) is 0 Å². The van der Waals surface area contributed by atoms with Crippen molar-refractivity contribution in [1.29, 1.82) is 0 Å². The van der Waals surface area contributed by atoms with E-state index < -0.39 is 0 Å². The van der Waals surface area contributed by atoms with E-state index in [0.29, 0.717) is 6.67 Å². The first kappa shape index (κ1) is 38.2. The van der Waals surface area contributed by atoms with Crippen LogP contribution in [0, 0.1) is 0 Å². The van der Waals surface area contributed by atoms with E-state index in [0.717, 1.165) is 34.0 Å². The number of fused-ring (bicyclic) bond motifs is 4. The van der Waals surface area contributed by atoms with Gasteiger partial charge in [0, 0.05) is 40.5 Å². The first-order valence-corrected chi connectivity index (χ1v) is 20.8. The number of hydrogen-bond donors (Lipinski definition) is 0. The summed E-state index contributed by atoms with van der Waals surface area (Å²) in [4.78, 5) is 9.73. The Kier molecular flexibility index (Phi) is 9.19. The minimum atomic E-state index is -0.000142. The van der Waals surface area contributed by atoms with Crippen LogP contribution in [0.3, 0.4) is 0 Å². The van der Waals surface area contributed by atoms with Gasteiger partial charge in [0.25, 0.3) is 0 Å². The Morgan fingerprint density at radius 3 is 1.93 bits per heavy atom. The van der Waals surface area contributed by atoms with E-state index in [-0.39, 0.29) is 16.2 Å². The van der Waals surface area contributed by atoms with Gasteiger partial charge in [-0.1, -0.05) is 129 Å². The van der Waals surface area contributed by atoms with Gasteiger partial charge in [-0.15, -0.1) is 0 Å². The first-order valence-electron chi connectivity index (χ1n) is 20.8. The van der Waals surface area contributed by atoms with Crippen LogP contribution in [-0.4, -0.2) is 16.2 Å². The summed E-state index contributed by atoms with van der Waals surface area (Å²) < 4.78 is 9.01. The second kappa shape index (κ2) is 14.2. The molecule has 5 heteroatoms. The summed E-state index contributed by atoms with van der Waals surface area (Å²) in [6, 6.07) is 52.6. The van der Waals surface area contributed by atoms with E-state index in [1.165, 1.54) is 55.7 Å². The van der Waals surface area contributed by atoms with Crippen LogP contribution in [0.15, 0.2) is 152 Å². The number of para-hydroxylation sites is 1. The molecule has 0 fully saturated rings. The molecule has 8 aromatic rings. The lowest BCUT2D eigenvalue weighted by molar-refractivity contribution is 0.483. The molecule has 9 rings (SSSR count). The van der Waals surface area contributed by atoms with Crippen LogP contribution in [0.5, 0.6) is 11.5 Å². The molecular formula is C54H54N4O. The maximum atomic E-state index is 6.74. The van der Waals surface area contributed by atoms with Crippen LogP contribution in [0.4, 0.5) is 22.7 Å². The third kappa shape index (κ3) is 7.13. The molecule has 6 aromatic carbocycles. The Balaban J connectivity index is 1.08. The Morgan fingerprint density at radius 1 is 0.492 bits per heavy atom. The maximum Gasteiger partial charge on any atom is 0.137 e. The highest BCUT2D eigenvalue weighted by atomic mass is 16.5. The molecular weight excluding hydrogens is 721 g/mol. The molecule has 296 valence electrons. The van der Waals surface area contributed by atoms with E-state index in [9.17, 15) is 0 Å². The average Bonchev–Trinajstić information content (AvgIpc) is 3.76. The van der Waals surface area contributed by atoms with Gasteiger partial charge in [0.15, 0.2) is 0 Å². The monoisotopic (exact) mass is 774 g/mol. The minimum Gasteiger partial charge on any atom is -0.457 e. The molecule has 0 saturated heterocycles. The molecule has 1 aliphatic heterocycles. The highest BCUT2D eigenvalue weighted by Crippen LogP contribution is 2.47. The highest BCUT2D eigenvalue weighted by molar-refractivity contribution is 6.09. The number of nitrogens with zero attached hydrogens (tertiary/aromatic N) is 4. The second-order valence-corrected chi connectivity index (χ2v) is 19.1. The Morgan fingerprint density at radius 2 is 1.15 bits per heavy atom. The largest absolute Gasteiger partial charge is 0.457 e. The topological polar surface area (TPSA) is 33.5 Å². The summed E-state index contributed by atoms with van der Waals surface area (Å²) in [5, 5.41) is 2.36. The minimum absolute atomic E-state index is 0.000142. The van der Waals surface area contributed by atoms with Gasteiger partial charge in [-0.05, 0) is 111 Å². The predicted molar refractivity (Wildman–Crippen MR) is 249 cm³/mol. The quantitative estimate of drug-likeness (QED) is 0.168. The van der Waals surface area contributed by atoms with Crippen molar-refractivity contribution in [3.63, 3.8) is 0 Å². The molecule has 0 atom stereocenters. The number of benzene rings is 6. The first-order chi connectivity index (χ1) is 28.1.